The number of hydrogen-bond donors (Lipinski definition) is 2. The summed E-state index contributed by atoms with van der Waals surface area (Å²) in [5.74, 6) is 0.249. The lowest BCUT2D eigenvalue weighted by Gasteiger charge is -2.18. The molecule has 1 atom stereocenters. The molecule has 2 N–H and O–H groups in total. The van der Waals surface area contributed by atoms with Crippen molar-refractivity contribution >= 4 is 62.9 Å². The molecule has 2 aromatic carbocycles. The van der Waals surface area contributed by atoms with Gasteiger partial charge in [0.15, 0.2) is 16.7 Å². The van der Waals surface area contributed by atoms with Crippen molar-refractivity contribution < 1.29 is 14.3 Å². The number of thioether (sulfide) groups is 1. The smallest absolute Gasteiger partial charge is 0.262 e. The van der Waals surface area contributed by atoms with Gasteiger partial charge in [-0.2, -0.15) is 0 Å². The fourth-order valence-corrected chi connectivity index (χ4v) is 4.95. The van der Waals surface area contributed by atoms with E-state index >= 15 is 0 Å². The zero-order chi connectivity index (χ0) is 21.3. The third kappa shape index (κ3) is 4.58. The number of aryl methyl sites for hydroxylation is 1. The molecule has 3 aromatic rings. The third-order valence-electron chi connectivity index (χ3n) is 4.37. The molecule has 0 fully saturated rings. The summed E-state index contributed by atoms with van der Waals surface area (Å²) >= 11 is 8.85. The number of rotatable bonds is 6. The second-order valence-corrected chi connectivity index (χ2v) is 9.61. The van der Waals surface area contributed by atoms with E-state index in [-0.39, 0.29) is 23.5 Å². The van der Waals surface area contributed by atoms with E-state index in [1.807, 2.05) is 32.0 Å². The normalized spacial score (nSPS) is 13.8. The van der Waals surface area contributed by atoms with Crippen LogP contribution in [0.2, 0.25) is 5.02 Å². The number of ether oxygens (including phenoxy) is 1. The highest BCUT2D eigenvalue weighted by atomic mass is 35.5. The zero-order valence-electron chi connectivity index (χ0n) is 16.1. The van der Waals surface area contributed by atoms with Crippen molar-refractivity contribution in [3.63, 3.8) is 0 Å². The Balaban J connectivity index is 1.42. The molecule has 1 amide bonds. The second-order valence-electron chi connectivity index (χ2n) is 6.63. The minimum absolute atomic E-state index is 0.0191. The van der Waals surface area contributed by atoms with Crippen LogP contribution in [-0.4, -0.2) is 33.7 Å². The van der Waals surface area contributed by atoms with Gasteiger partial charge in [0.25, 0.3) is 5.91 Å². The Hall–Kier alpha value is -2.62. The number of halogens is 1. The minimum Gasteiger partial charge on any atom is -0.482 e. The van der Waals surface area contributed by atoms with Gasteiger partial charge in [-0.25, -0.2) is 0 Å². The molecular weight excluding hydrogens is 444 g/mol. The fourth-order valence-electron chi connectivity index (χ4n) is 2.78. The van der Waals surface area contributed by atoms with Crippen LogP contribution in [0.4, 0.5) is 16.5 Å². The average molecular weight is 461 g/mol. The highest BCUT2D eigenvalue weighted by Crippen LogP contribution is 2.34. The molecule has 1 unspecified atom stereocenters. The maximum atomic E-state index is 12.8. The summed E-state index contributed by atoms with van der Waals surface area (Å²) in [4.78, 5) is 24.3. The standard InChI is InChI=1S/C20H17ClN4O3S2/c1-10-3-5-13(8-14(10)21)22-19-24-25-20(30-19)29-11(2)18(27)12-4-6-16-15(7-12)23-17(26)9-28-16/h3-8,11H,9H2,1-2H3,(H,22,24)(H,23,26). The molecule has 1 aromatic heterocycles. The third-order valence-corrected chi connectivity index (χ3v) is 6.80. The highest BCUT2D eigenvalue weighted by Gasteiger charge is 2.22. The van der Waals surface area contributed by atoms with Gasteiger partial charge in [-0.05, 0) is 49.7 Å². The number of fused-ring (bicyclic) bond motifs is 1. The Kier molecular flexibility index (Phi) is 5.94. The van der Waals surface area contributed by atoms with Gasteiger partial charge in [0, 0.05) is 16.3 Å². The zero-order valence-corrected chi connectivity index (χ0v) is 18.5. The minimum atomic E-state index is -0.377. The van der Waals surface area contributed by atoms with E-state index in [4.69, 9.17) is 16.3 Å². The number of nitrogens with one attached hydrogen (secondary N) is 2. The van der Waals surface area contributed by atoms with Crippen LogP contribution in [0, 0.1) is 6.92 Å². The van der Waals surface area contributed by atoms with Gasteiger partial charge < -0.3 is 15.4 Å². The molecular formula is C20H17ClN4O3S2. The van der Waals surface area contributed by atoms with Crippen molar-refractivity contribution in [2.75, 3.05) is 17.2 Å². The highest BCUT2D eigenvalue weighted by molar-refractivity contribution is 8.02. The number of nitrogens with zero attached hydrogens (tertiary/aromatic N) is 2. The Morgan fingerprint density at radius 2 is 2.13 bits per heavy atom. The van der Waals surface area contributed by atoms with E-state index in [0.29, 0.717) is 31.5 Å². The molecule has 2 heterocycles. The number of anilines is 3. The van der Waals surface area contributed by atoms with Crippen LogP contribution < -0.4 is 15.4 Å². The first-order valence-corrected chi connectivity index (χ1v) is 11.1. The summed E-state index contributed by atoms with van der Waals surface area (Å²) in [6.07, 6.45) is 0. The van der Waals surface area contributed by atoms with Crippen LogP contribution in [0.15, 0.2) is 40.7 Å². The Bertz CT molecular complexity index is 1130. The fraction of sp³-hybridized carbons (Fsp3) is 0.200. The molecule has 10 heteroatoms. The van der Waals surface area contributed by atoms with Crippen molar-refractivity contribution in [2.45, 2.75) is 23.4 Å². The molecule has 0 spiro atoms. The number of carbonyl (C=O) groups excluding carboxylic acids is 2. The van der Waals surface area contributed by atoms with Crippen molar-refractivity contribution in [1.29, 1.82) is 0 Å². The lowest BCUT2D eigenvalue weighted by molar-refractivity contribution is -0.118. The van der Waals surface area contributed by atoms with E-state index < -0.39 is 0 Å². The van der Waals surface area contributed by atoms with Crippen LogP contribution in [0.3, 0.4) is 0 Å². The van der Waals surface area contributed by atoms with Crippen molar-refractivity contribution in [3.05, 3.63) is 52.5 Å². The van der Waals surface area contributed by atoms with Crippen LogP contribution >= 0.6 is 34.7 Å². The Morgan fingerprint density at radius 1 is 1.30 bits per heavy atom. The number of ketones is 1. The monoisotopic (exact) mass is 460 g/mol. The summed E-state index contributed by atoms with van der Waals surface area (Å²) in [6, 6.07) is 10.7. The summed E-state index contributed by atoms with van der Waals surface area (Å²) in [5, 5.41) is 15.1. The average Bonchev–Trinajstić information content (AvgIpc) is 3.16. The van der Waals surface area contributed by atoms with E-state index in [2.05, 4.69) is 20.8 Å². The largest absolute Gasteiger partial charge is 0.482 e. The van der Waals surface area contributed by atoms with Crippen LogP contribution in [0.5, 0.6) is 5.75 Å². The van der Waals surface area contributed by atoms with Gasteiger partial charge in [-0.3, -0.25) is 9.59 Å². The maximum absolute atomic E-state index is 12.8. The first-order chi connectivity index (χ1) is 14.4. The lowest BCUT2D eigenvalue weighted by atomic mass is 10.1. The van der Waals surface area contributed by atoms with Crippen molar-refractivity contribution in [2.24, 2.45) is 0 Å². The van der Waals surface area contributed by atoms with Crippen LogP contribution in [-0.2, 0) is 4.79 Å². The van der Waals surface area contributed by atoms with Gasteiger partial charge in [0.2, 0.25) is 5.13 Å². The quantitative estimate of drug-likeness (QED) is 0.397. The molecule has 154 valence electrons. The van der Waals surface area contributed by atoms with Crippen LogP contribution in [0.1, 0.15) is 22.8 Å². The molecule has 7 nitrogen and oxygen atoms in total. The number of amides is 1. The molecule has 0 saturated carbocycles. The summed E-state index contributed by atoms with van der Waals surface area (Å²) < 4.78 is 6.00. The predicted octanol–water partition coefficient (Wildman–Crippen LogP) is 4.94. The topological polar surface area (TPSA) is 93.2 Å². The molecule has 1 aliphatic rings. The second kappa shape index (κ2) is 8.63. The maximum Gasteiger partial charge on any atom is 0.262 e. The number of aromatic nitrogens is 2. The summed E-state index contributed by atoms with van der Waals surface area (Å²) in [5.41, 5.74) is 2.82. The van der Waals surface area contributed by atoms with Crippen molar-refractivity contribution in [1.82, 2.24) is 10.2 Å². The van der Waals surface area contributed by atoms with Gasteiger partial charge in [-0.15, -0.1) is 10.2 Å². The van der Waals surface area contributed by atoms with Crippen molar-refractivity contribution in [3.8, 4) is 5.75 Å². The first kappa shape index (κ1) is 20.6. The number of Topliss-reactive ketones (excluding diaryl/α,β-unsaturated/α-hetero) is 1. The van der Waals surface area contributed by atoms with Gasteiger partial charge >= 0.3 is 0 Å². The number of carbonyl (C=O) groups is 2. The van der Waals surface area contributed by atoms with E-state index in [9.17, 15) is 9.59 Å². The lowest BCUT2D eigenvalue weighted by Crippen LogP contribution is -2.25. The molecule has 1 aliphatic heterocycles. The van der Waals surface area contributed by atoms with E-state index in [1.54, 1.807) is 18.2 Å². The summed E-state index contributed by atoms with van der Waals surface area (Å²) in [7, 11) is 0. The SMILES string of the molecule is Cc1ccc(Nc2nnc(SC(C)C(=O)c3ccc4c(c3)NC(=O)CO4)s2)cc1Cl. The van der Waals surface area contributed by atoms with Gasteiger partial charge in [0.05, 0.1) is 10.9 Å². The van der Waals surface area contributed by atoms with Gasteiger partial charge in [0.1, 0.15) is 5.75 Å². The van der Waals surface area contributed by atoms with Gasteiger partial charge in [-0.1, -0.05) is 40.8 Å². The molecule has 0 aliphatic carbocycles. The molecule has 0 radical (unpaired) electrons. The molecule has 30 heavy (non-hydrogen) atoms. The Morgan fingerprint density at radius 3 is 2.93 bits per heavy atom. The first-order valence-electron chi connectivity index (χ1n) is 9.03. The van der Waals surface area contributed by atoms with E-state index in [1.165, 1.54) is 23.1 Å². The molecule has 4 rings (SSSR count). The van der Waals surface area contributed by atoms with E-state index in [0.717, 1.165) is 11.3 Å². The molecule has 0 bridgehead atoms. The molecule has 0 saturated heterocycles. The summed E-state index contributed by atoms with van der Waals surface area (Å²) in [6.45, 7) is 3.73. The predicted molar refractivity (Wildman–Crippen MR) is 120 cm³/mol. The van der Waals surface area contributed by atoms with Crippen LogP contribution in [0.25, 0.3) is 0 Å². The number of hydrogen-bond acceptors (Lipinski definition) is 8. The Labute approximate surface area is 186 Å². The number of benzene rings is 2.